The summed E-state index contributed by atoms with van der Waals surface area (Å²) in [5, 5.41) is 9.40. The molecule has 3 aliphatic rings. The van der Waals surface area contributed by atoms with E-state index in [1.165, 1.54) is 30.0 Å². The van der Waals surface area contributed by atoms with Crippen molar-refractivity contribution in [3.05, 3.63) is 95.3 Å². The van der Waals surface area contributed by atoms with Gasteiger partial charge in [0, 0.05) is 37.4 Å². The van der Waals surface area contributed by atoms with E-state index in [2.05, 4.69) is 9.80 Å². The van der Waals surface area contributed by atoms with Gasteiger partial charge in [0.25, 0.3) is 5.91 Å². The minimum atomic E-state index is -2.03. The fourth-order valence-corrected chi connectivity index (χ4v) is 6.76. The van der Waals surface area contributed by atoms with Crippen molar-refractivity contribution >= 4 is 29.2 Å². The van der Waals surface area contributed by atoms with Crippen LogP contribution in [0.3, 0.4) is 0 Å². The molecule has 1 N–H and O–H groups in total. The van der Waals surface area contributed by atoms with Gasteiger partial charge in [-0.15, -0.1) is 0 Å². The summed E-state index contributed by atoms with van der Waals surface area (Å²) in [6.45, 7) is 4.29. The molecule has 8 nitrogen and oxygen atoms in total. The summed E-state index contributed by atoms with van der Waals surface area (Å²) in [7, 11) is 0. The highest BCUT2D eigenvalue weighted by atomic mass is 19.1. The number of carbonyl (C=O) groups is 3. The summed E-state index contributed by atoms with van der Waals surface area (Å²) < 4.78 is 29.0. The minimum absolute atomic E-state index is 0.0290. The second-order valence-electron chi connectivity index (χ2n) is 11.8. The molecule has 2 amide bonds. The third-order valence-corrected chi connectivity index (χ3v) is 9.09. The van der Waals surface area contributed by atoms with Gasteiger partial charge in [0.15, 0.2) is 0 Å². The summed E-state index contributed by atoms with van der Waals surface area (Å²) in [6, 6.07) is 19.7. The molecule has 1 spiro atoms. The lowest BCUT2D eigenvalue weighted by molar-refractivity contribution is -0.134. The van der Waals surface area contributed by atoms with Crippen LogP contribution < -0.4 is 9.80 Å². The normalized spacial score (nSPS) is 21.6. The Bertz CT molecular complexity index is 1550. The predicted octanol–water partition coefficient (Wildman–Crippen LogP) is 4.79. The molecule has 43 heavy (non-hydrogen) atoms. The monoisotopic (exact) mass is 588 g/mol. The average molecular weight is 589 g/mol. The summed E-state index contributed by atoms with van der Waals surface area (Å²) >= 11 is 0. The lowest BCUT2D eigenvalue weighted by Gasteiger charge is -2.43. The number of anilines is 2. The van der Waals surface area contributed by atoms with Crippen LogP contribution in [0.25, 0.3) is 0 Å². The van der Waals surface area contributed by atoms with Gasteiger partial charge >= 0.3 is 5.97 Å². The highest BCUT2D eigenvalue weighted by Gasteiger charge is 2.53. The van der Waals surface area contributed by atoms with Gasteiger partial charge in [-0.25, -0.2) is 13.6 Å². The zero-order valence-electron chi connectivity index (χ0n) is 24.0. The molecule has 1 unspecified atom stereocenters. The SMILES string of the molecule is CC1(F)C(=O)N(CCCN2CCC3(CC2)C(=O)N(Cc2cccc(C(=O)O)c2)CN3c2ccc(F)cc2)c2ccccc21. The standard InChI is InChI=1S/C33H34F2N4O4/c1-32(35)27-8-2-3-9-28(27)38(30(32)42)17-5-16-36-18-14-33(15-19-36)31(43)37(21-23-6-4-7-24(20-23)29(40)41)22-39(33)26-12-10-25(34)11-13-26/h2-4,6-13,20H,5,14-19,21-22H2,1H3,(H,40,41). The van der Waals surface area contributed by atoms with Crippen molar-refractivity contribution < 1.29 is 28.3 Å². The van der Waals surface area contributed by atoms with Gasteiger partial charge in [0.2, 0.25) is 11.6 Å². The summed E-state index contributed by atoms with van der Waals surface area (Å²) in [5.74, 6) is -1.94. The number of para-hydroxylation sites is 1. The number of aromatic carboxylic acids is 1. The molecule has 3 aliphatic heterocycles. The largest absolute Gasteiger partial charge is 0.478 e. The number of rotatable bonds is 8. The van der Waals surface area contributed by atoms with Gasteiger partial charge in [-0.2, -0.15) is 0 Å². The van der Waals surface area contributed by atoms with Crippen molar-refractivity contribution in [2.45, 2.75) is 43.9 Å². The lowest BCUT2D eigenvalue weighted by Crippen LogP contribution is -2.56. The van der Waals surface area contributed by atoms with Gasteiger partial charge in [0.1, 0.15) is 11.4 Å². The molecule has 0 aromatic heterocycles. The Morgan fingerprint density at radius 3 is 2.37 bits per heavy atom. The van der Waals surface area contributed by atoms with Gasteiger partial charge in [-0.3, -0.25) is 9.59 Å². The molecule has 1 atom stereocenters. The second kappa shape index (κ2) is 11.1. The quantitative estimate of drug-likeness (QED) is 0.408. The van der Waals surface area contributed by atoms with Crippen molar-refractivity contribution in [3.8, 4) is 0 Å². The number of alkyl halides is 1. The number of fused-ring (bicyclic) bond motifs is 1. The maximum Gasteiger partial charge on any atom is 0.335 e. The molecule has 10 heteroatoms. The topological polar surface area (TPSA) is 84.4 Å². The van der Waals surface area contributed by atoms with Gasteiger partial charge < -0.3 is 24.7 Å². The average Bonchev–Trinajstić information content (AvgIpc) is 3.37. The molecule has 3 aromatic carbocycles. The molecule has 3 aromatic rings. The first-order valence-electron chi connectivity index (χ1n) is 14.6. The Labute approximate surface area is 249 Å². The number of hydrogen-bond acceptors (Lipinski definition) is 5. The fraction of sp³-hybridized carbons (Fsp3) is 0.364. The van der Waals surface area contributed by atoms with E-state index in [9.17, 15) is 23.9 Å². The maximum absolute atomic E-state index is 15.2. The highest BCUT2D eigenvalue weighted by molar-refractivity contribution is 6.06. The van der Waals surface area contributed by atoms with Crippen LogP contribution in [-0.4, -0.2) is 71.1 Å². The minimum Gasteiger partial charge on any atom is -0.478 e. The number of carboxylic acid groups (broad SMARTS) is 1. The van der Waals surface area contributed by atoms with Gasteiger partial charge in [-0.1, -0.05) is 30.3 Å². The summed E-state index contributed by atoms with van der Waals surface area (Å²) in [5.41, 5.74) is -0.164. The van der Waals surface area contributed by atoms with Crippen LogP contribution in [0.1, 0.15) is 47.7 Å². The van der Waals surface area contributed by atoms with Crippen LogP contribution in [0.15, 0.2) is 72.8 Å². The number of carbonyl (C=O) groups excluding carboxylic acids is 2. The number of benzene rings is 3. The Hall–Kier alpha value is -4.31. The van der Waals surface area contributed by atoms with Gasteiger partial charge in [0.05, 0.1) is 17.9 Å². The number of halogens is 2. The molecule has 0 radical (unpaired) electrons. The zero-order chi connectivity index (χ0) is 30.4. The predicted molar refractivity (Wildman–Crippen MR) is 158 cm³/mol. The molecular weight excluding hydrogens is 554 g/mol. The third kappa shape index (κ3) is 5.14. The van der Waals surface area contributed by atoms with E-state index in [0.717, 1.165) is 11.3 Å². The molecule has 2 fully saturated rings. The smallest absolute Gasteiger partial charge is 0.335 e. The number of amides is 2. The number of piperidine rings is 1. The van der Waals surface area contributed by atoms with Crippen LogP contribution in [0.4, 0.5) is 20.2 Å². The van der Waals surface area contributed by atoms with Crippen LogP contribution in [0.2, 0.25) is 0 Å². The van der Waals surface area contributed by atoms with Crippen molar-refractivity contribution in [3.63, 3.8) is 0 Å². The zero-order valence-corrected chi connectivity index (χ0v) is 24.0. The van der Waals surface area contributed by atoms with E-state index in [1.807, 2.05) is 12.1 Å². The molecular formula is C33H34F2N4O4. The van der Waals surface area contributed by atoms with Crippen LogP contribution >= 0.6 is 0 Å². The second-order valence-corrected chi connectivity index (χ2v) is 11.8. The first-order valence-corrected chi connectivity index (χ1v) is 14.6. The number of hydrogen-bond donors (Lipinski definition) is 1. The third-order valence-electron chi connectivity index (χ3n) is 9.09. The Morgan fingerprint density at radius 2 is 1.65 bits per heavy atom. The summed E-state index contributed by atoms with van der Waals surface area (Å²) in [4.78, 5) is 45.9. The van der Waals surface area contributed by atoms with E-state index < -0.39 is 23.1 Å². The molecule has 0 aliphatic carbocycles. The first kappa shape index (κ1) is 28.8. The van der Waals surface area contributed by atoms with E-state index >= 15 is 4.39 Å². The lowest BCUT2D eigenvalue weighted by atomic mass is 9.85. The molecule has 2 saturated heterocycles. The van der Waals surface area contributed by atoms with Crippen molar-refractivity contribution in [2.75, 3.05) is 42.6 Å². The number of likely N-dealkylation sites (tertiary alicyclic amines) is 1. The van der Waals surface area contributed by atoms with E-state index in [-0.39, 0.29) is 23.8 Å². The maximum atomic E-state index is 15.2. The molecule has 0 bridgehead atoms. The van der Waals surface area contributed by atoms with Gasteiger partial charge in [-0.05, 0) is 80.8 Å². The first-order chi connectivity index (χ1) is 20.6. The Morgan fingerprint density at radius 1 is 0.930 bits per heavy atom. The molecule has 224 valence electrons. The fourth-order valence-electron chi connectivity index (χ4n) is 6.76. The Balaban J connectivity index is 1.14. The van der Waals surface area contributed by atoms with Crippen LogP contribution in [0, 0.1) is 5.82 Å². The van der Waals surface area contributed by atoms with Crippen molar-refractivity contribution in [1.82, 2.24) is 9.80 Å². The van der Waals surface area contributed by atoms with Crippen LogP contribution in [0.5, 0.6) is 0 Å². The highest BCUT2D eigenvalue weighted by Crippen LogP contribution is 2.43. The van der Waals surface area contributed by atoms with Crippen molar-refractivity contribution in [1.29, 1.82) is 0 Å². The van der Waals surface area contributed by atoms with E-state index in [0.29, 0.717) is 63.4 Å². The van der Waals surface area contributed by atoms with Crippen molar-refractivity contribution in [2.24, 2.45) is 0 Å². The number of nitrogens with zero attached hydrogens (tertiary/aromatic N) is 4. The Kier molecular flexibility index (Phi) is 7.41. The molecule has 0 saturated carbocycles. The molecule has 6 rings (SSSR count). The van der Waals surface area contributed by atoms with Crippen LogP contribution in [-0.2, 0) is 21.8 Å². The van der Waals surface area contributed by atoms with E-state index in [1.54, 1.807) is 47.4 Å². The summed E-state index contributed by atoms with van der Waals surface area (Å²) in [6.07, 6.45) is 1.77. The van der Waals surface area contributed by atoms with E-state index in [4.69, 9.17) is 0 Å². The molecule has 3 heterocycles. The number of carboxylic acids is 1.